The van der Waals surface area contributed by atoms with Gasteiger partial charge in [0.1, 0.15) is 17.2 Å². The molecule has 20 heavy (non-hydrogen) atoms. The quantitative estimate of drug-likeness (QED) is 0.260. The Morgan fingerprint density at radius 1 is 1.55 bits per heavy atom. The van der Waals surface area contributed by atoms with Crippen LogP contribution in [0, 0.1) is 5.41 Å². The van der Waals surface area contributed by atoms with Gasteiger partial charge in [-0.25, -0.2) is 15.8 Å². The van der Waals surface area contributed by atoms with Gasteiger partial charge >= 0.3 is 5.97 Å². The summed E-state index contributed by atoms with van der Waals surface area (Å²) in [5.74, 6) is 6.87. The van der Waals surface area contributed by atoms with E-state index in [2.05, 4.69) is 15.4 Å². The van der Waals surface area contributed by atoms with Crippen LogP contribution in [0.2, 0.25) is 0 Å². The van der Waals surface area contributed by atoms with Crippen LogP contribution in [0.5, 0.6) is 0 Å². The number of aromatic nitrogens is 2. The van der Waals surface area contributed by atoms with Crippen LogP contribution in [0.4, 0.5) is 5.82 Å². The SMILES string of the molecule is CCc1c(NN)ncnc1SCC1(CC(=O)OC)CC1. The van der Waals surface area contributed by atoms with Crippen molar-refractivity contribution in [3.8, 4) is 0 Å². The van der Waals surface area contributed by atoms with Gasteiger partial charge in [0.05, 0.1) is 13.5 Å². The number of nitrogen functional groups attached to an aromatic ring is 1. The maximum absolute atomic E-state index is 11.4. The largest absolute Gasteiger partial charge is 0.469 e. The van der Waals surface area contributed by atoms with Crippen LogP contribution in [-0.4, -0.2) is 28.8 Å². The molecule has 6 nitrogen and oxygen atoms in total. The number of methoxy groups -OCH3 is 1. The van der Waals surface area contributed by atoms with Gasteiger partial charge in [-0.05, 0) is 24.7 Å². The number of nitrogens with one attached hydrogen (secondary N) is 1. The fourth-order valence-corrected chi connectivity index (χ4v) is 3.48. The Bertz CT molecular complexity index is 491. The lowest BCUT2D eigenvalue weighted by atomic mass is 10.1. The average molecular weight is 296 g/mol. The van der Waals surface area contributed by atoms with Gasteiger partial charge in [0.15, 0.2) is 0 Å². The van der Waals surface area contributed by atoms with Crippen LogP contribution in [-0.2, 0) is 16.0 Å². The van der Waals surface area contributed by atoms with E-state index in [0.717, 1.165) is 35.6 Å². The number of anilines is 1. The molecule has 1 aliphatic rings. The summed E-state index contributed by atoms with van der Waals surface area (Å²) in [6.07, 6.45) is 4.96. The molecular weight excluding hydrogens is 276 g/mol. The van der Waals surface area contributed by atoms with E-state index >= 15 is 0 Å². The molecule has 1 heterocycles. The van der Waals surface area contributed by atoms with Crippen molar-refractivity contribution >= 4 is 23.5 Å². The zero-order valence-electron chi connectivity index (χ0n) is 11.8. The Balaban J connectivity index is 2.02. The van der Waals surface area contributed by atoms with Crippen molar-refractivity contribution in [2.45, 2.75) is 37.6 Å². The maximum Gasteiger partial charge on any atom is 0.306 e. The number of hydrazine groups is 1. The third-order valence-electron chi connectivity index (χ3n) is 3.62. The van der Waals surface area contributed by atoms with Crippen LogP contribution in [0.25, 0.3) is 0 Å². The standard InChI is InChI=1S/C13H20N4O2S/c1-3-9-11(17-14)15-8-16-12(9)20-7-13(4-5-13)6-10(18)19-2/h8H,3-7,14H2,1-2H3,(H,15,16,17). The van der Waals surface area contributed by atoms with E-state index in [1.807, 2.05) is 6.92 Å². The molecule has 2 rings (SSSR count). The minimum atomic E-state index is -0.134. The van der Waals surface area contributed by atoms with E-state index in [9.17, 15) is 4.79 Å². The van der Waals surface area contributed by atoms with E-state index in [-0.39, 0.29) is 11.4 Å². The number of hydrogen-bond donors (Lipinski definition) is 2. The molecule has 0 saturated heterocycles. The summed E-state index contributed by atoms with van der Waals surface area (Å²) in [6.45, 7) is 2.05. The number of carbonyl (C=O) groups is 1. The predicted molar refractivity (Wildman–Crippen MR) is 78.2 cm³/mol. The first-order valence-corrected chi connectivity index (χ1v) is 7.63. The van der Waals surface area contributed by atoms with Crippen molar-refractivity contribution in [2.24, 2.45) is 11.3 Å². The average Bonchev–Trinajstić information content (AvgIpc) is 3.24. The number of esters is 1. The number of ether oxygens (including phenoxy) is 1. The Labute approximate surface area is 122 Å². The molecule has 0 aromatic carbocycles. The third-order valence-corrected chi connectivity index (χ3v) is 5.00. The van der Waals surface area contributed by atoms with Crippen molar-refractivity contribution in [3.05, 3.63) is 11.9 Å². The smallest absolute Gasteiger partial charge is 0.306 e. The summed E-state index contributed by atoms with van der Waals surface area (Å²) in [7, 11) is 1.43. The lowest BCUT2D eigenvalue weighted by Crippen LogP contribution is -2.14. The van der Waals surface area contributed by atoms with E-state index < -0.39 is 0 Å². The molecule has 0 amide bonds. The Morgan fingerprint density at radius 3 is 2.85 bits per heavy atom. The van der Waals surface area contributed by atoms with Crippen molar-refractivity contribution in [1.82, 2.24) is 9.97 Å². The zero-order valence-corrected chi connectivity index (χ0v) is 12.6. The number of rotatable bonds is 7. The summed E-state index contributed by atoms with van der Waals surface area (Å²) >= 11 is 1.67. The van der Waals surface area contributed by atoms with E-state index in [1.54, 1.807) is 11.8 Å². The molecule has 1 aliphatic carbocycles. The Hall–Kier alpha value is -1.34. The molecule has 0 unspecified atom stereocenters. The third kappa shape index (κ3) is 3.40. The van der Waals surface area contributed by atoms with Crippen molar-refractivity contribution in [1.29, 1.82) is 0 Å². The molecule has 1 saturated carbocycles. The molecular formula is C13H20N4O2S. The first kappa shape index (κ1) is 15.1. The Morgan fingerprint density at radius 2 is 2.30 bits per heavy atom. The summed E-state index contributed by atoms with van der Waals surface area (Å²) in [5, 5.41) is 0.937. The molecule has 0 atom stereocenters. The number of thioether (sulfide) groups is 1. The summed E-state index contributed by atoms with van der Waals surface area (Å²) in [5.41, 5.74) is 3.71. The highest BCUT2D eigenvalue weighted by Gasteiger charge is 2.44. The zero-order chi connectivity index (χ0) is 14.6. The van der Waals surface area contributed by atoms with Gasteiger partial charge in [0, 0.05) is 11.3 Å². The molecule has 0 radical (unpaired) electrons. The van der Waals surface area contributed by atoms with E-state index in [1.165, 1.54) is 13.4 Å². The van der Waals surface area contributed by atoms with Gasteiger partial charge in [-0.15, -0.1) is 11.8 Å². The highest BCUT2D eigenvalue weighted by molar-refractivity contribution is 7.99. The van der Waals surface area contributed by atoms with Crippen molar-refractivity contribution in [2.75, 3.05) is 18.3 Å². The fraction of sp³-hybridized carbons (Fsp3) is 0.615. The molecule has 7 heteroatoms. The lowest BCUT2D eigenvalue weighted by molar-refractivity contribution is -0.141. The summed E-state index contributed by atoms with van der Waals surface area (Å²) in [6, 6.07) is 0. The van der Waals surface area contributed by atoms with Gasteiger partial charge in [-0.3, -0.25) is 4.79 Å². The topological polar surface area (TPSA) is 90.1 Å². The molecule has 110 valence electrons. The minimum Gasteiger partial charge on any atom is -0.469 e. The summed E-state index contributed by atoms with van der Waals surface area (Å²) in [4.78, 5) is 19.9. The van der Waals surface area contributed by atoms with Crippen LogP contribution < -0.4 is 11.3 Å². The molecule has 0 bridgehead atoms. The van der Waals surface area contributed by atoms with Crippen LogP contribution in [0.15, 0.2) is 11.4 Å². The highest BCUT2D eigenvalue weighted by Crippen LogP contribution is 2.52. The Kier molecular flexibility index (Phi) is 4.82. The number of nitrogens with zero attached hydrogens (tertiary/aromatic N) is 2. The normalized spacial score (nSPS) is 15.8. The van der Waals surface area contributed by atoms with Crippen LogP contribution in [0.3, 0.4) is 0 Å². The molecule has 0 spiro atoms. The van der Waals surface area contributed by atoms with Gasteiger partial charge < -0.3 is 10.2 Å². The molecule has 3 N–H and O–H groups in total. The van der Waals surface area contributed by atoms with Crippen molar-refractivity contribution < 1.29 is 9.53 Å². The first-order chi connectivity index (χ1) is 9.64. The molecule has 1 aromatic heterocycles. The predicted octanol–water partition coefficient (Wildman–Crippen LogP) is 1.76. The van der Waals surface area contributed by atoms with Gasteiger partial charge in [-0.1, -0.05) is 6.92 Å². The molecule has 1 fully saturated rings. The monoisotopic (exact) mass is 296 g/mol. The van der Waals surface area contributed by atoms with Crippen molar-refractivity contribution in [3.63, 3.8) is 0 Å². The van der Waals surface area contributed by atoms with E-state index in [0.29, 0.717) is 12.2 Å². The van der Waals surface area contributed by atoms with Gasteiger partial charge in [-0.2, -0.15) is 0 Å². The number of carbonyl (C=O) groups excluding carboxylic acids is 1. The van der Waals surface area contributed by atoms with Gasteiger partial charge in [0.2, 0.25) is 0 Å². The first-order valence-electron chi connectivity index (χ1n) is 6.64. The fourth-order valence-electron chi connectivity index (χ4n) is 2.11. The molecule has 0 aliphatic heterocycles. The second-order valence-corrected chi connectivity index (χ2v) is 6.01. The second-order valence-electron chi connectivity index (χ2n) is 5.05. The summed E-state index contributed by atoms with van der Waals surface area (Å²) < 4.78 is 4.76. The van der Waals surface area contributed by atoms with Gasteiger partial charge in [0.25, 0.3) is 0 Å². The molecule has 1 aromatic rings. The van der Waals surface area contributed by atoms with Crippen LogP contribution >= 0.6 is 11.8 Å². The maximum atomic E-state index is 11.4. The van der Waals surface area contributed by atoms with Crippen LogP contribution in [0.1, 0.15) is 31.7 Å². The number of hydrogen-bond acceptors (Lipinski definition) is 7. The minimum absolute atomic E-state index is 0.0873. The number of nitrogens with two attached hydrogens (primary N) is 1. The highest BCUT2D eigenvalue weighted by atomic mass is 32.2. The lowest BCUT2D eigenvalue weighted by Gasteiger charge is -2.15. The second kappa shape index (κ2) is 6.41. The van der Waals surface area contributed by atoms with E-state index in [4.69, 9.17) is 10.6 Å².